The first-order valence-corrected chi connectivity index (χ1v) is 16.6. The first-order chi connectivity index (χ1) is 20.9. The minimum atomic E-state index is -0.605. The van der Waals surface area contributed by atoms with Crippen LogP contribution in [0.4, 0.5) is 0 Å². The minimum absolute atomic E-state index is 0.113. The van der Waals surface area contributed by atoms with E-state index in [9.17, 15) is 9.59 Å². The molecule has 0 bridgehead atoms. The summed E-state index contributed by atoms with van der Waals surface area (Å²) in [6.45, 7) is 6.61. The average molecular weight is 600 g/mol. The van der Waals surface area contributed by atoms with Crippen molar-refractivity contribution in [3.05, 3.63) is 51.9 Å². The Kier molecular flexibility index (Phi) is 17.8. The van der Waals surface area contributed by atoms with E-state index in [1.165, 1.54) is 77.7 Å². The van der Waals surface area contributed by atoms with Gasteiger partial charge in [-0.05, 0) is 50.3 Å². The lowest BCUT2D eigenvalue weighted by Gasteiger charge is -2.33. The van der Waals surface area contributed by atoms with Gasteiger partial charge in [0.2, 0.25) is 0 Å². The fourth-order valence-electron chi connectivity index (χ4n) is 6.07. The molecule has 0 saturated heterocycles. The van der Waals surface area contributed by atoms with Crippen LogP contribution in [0.2, 0.25) is 0 Å². The maximum absolute atomic E-state index is 13.5. The molecule has 1 aliphatic heterocycles. The monoisotopic (exact) mass is 599 g/mol. The van der Waals surface area contributed by atoms with E-state index in [0.29, 0.717) is 18.8 Å². The number of carbonyl (C=O) groups excluding carboxylic acids is 2. The van der Waals surface area contributed by atoms with Crippen LogP contribution in [0.1, 0.15) is 128 Å². The van der Waals surface area contributed by atoms with Crippen LogP contribution < -0.4 is 10.1 Å². The van der Waals surface area contributed by atoms with Gasteiger partial charge in [0.1, 0.15) is 11.4 Å². The van der Waals surface area contributed by atoms with E-state index in [-0.39, 0.29) is 17.9 Å². The van der Waals surface area contributed by atoms with E-state index in [1.54, 1.807) is 21.1 Å². The van der Waals surface area contributed by atoms with E-state index in [0.717, 1.165) is 41.7 Å². The van der Waals surface area contributed by atoms with Crippen molar-refractivity contribution in [1.82, 2.24) is 5.32 Å². The molecule has 0 aliphatic carbocycles. The van der Waals surface area contributed by atoms with Gasteiger partial charge in [0.25, 0.3) is 0 Å². The number of esters is 2. The number of aryl methyl sites for hydroxylation is 1. The molecule has 0 radical (unpaired) electrons. The van der Waals surface area contributed by atoms with Gasteiger partial charge in [0.05, 0.1) is 33.0 Å². The van der Waals surface area contributed by atoms with Gasteiger partial charge in [-0.15, -0.1) is 0 Å². The first-order valence-electron chi connectivity index (χ1n) is 16.6. The Bertz CT molecular complexity index is 1060. The zero-order valence-electron chi connectivity index (χ0n) is 27.8. The molecule has 7 nitrogen and oxygen atoms in total. The second kappa shape index (κ2) is 21.0. The Labute approximate surface area is 260 Å². The predicted molar refractivity (Wildman–Crippen MR) is 173 cm³/mol. The molecule has 7 heteroatoms. The van der Waals surface area contributed by atoms with Gasteiger partial charge in [-0.25, -0.2) is 9.59 Å². The number of nitrogens with one attached hydrogen (secondary N) is 1. The Hall–Kier alpha value is -2.80. The van der Waals surface area contributed by atoms with Crippen molar-refractivity contribution in [2.45, 2.75) is 123 Å². The van der Waals surface area contributed by atoms with Gasteiger partial charge in [-0.1, -0.05) is 96.1 Å². The summed E-state index contributed by atoms with van der Waals surface area (Å²) in [6, 6.07) is 6.04. The molecule has 1 atom stereocenters. The average Bonchev–Trinajstić information content (AvgIpc) is 3.01. The molecule has 0 aromatic heterocycles. The highest BCUT2D eigenvalue weighted by atomic mass is 16.5. The zero-order valence-corrected chi connectivity index (χ0v) is 27.8. The van der Waals surface area contributed by atoms with E-state index >= 15 is 0 Å². The second-order valence-corrected chi connectivity index (χ2v) is 11.5. The van der Waals surface area contributed by atoms with Gasteiger partial charge in [-0.2, -0.15) is 0 Å². The number of ether oxygens (including phenoxy) is 4. The third-order valence-corrected chi connectivity index (χ3v) is 8.38. The van der Waals surface area contributed by atoms with Crippen LogP contribution in [-0.2, 0) is 30.2 Å². The molecule has 0 saturated carbocycles. The van der Waals surface area contributed by atoms with Crippen LogP contribution in [0.3, 0.4) is 0 Å². The van der Waals surface area contributed by atoms with Crippen molar-refractivity contribution >= 4 is 11.9 Å². The molecule has 1 aliphatic rings. The summed E-state index contributed by atoms with van der Waals surface area (Å²) in [5.74, 6) is -0.989. The summed E-state index contributed by atoms with van der Waals surface area (Å²) in [6.07, 6.45) is 18.4. The number of hydrogen-bond donors (Lipinski definition) is 1. The van der Waals surface area contributed by atoms with Crippen LogP contribution in [0.5, 0.6) is 5.75 Å². The molecular weight excluding hydrogens is 542 g/mol. The van der Waals surface area contributed by atoms with Gasteiger partial charge in [-0.3, -0.25) is 0 Å². The lowest BCUT2D eigenvalue weighted by atomic mass is 9.76. The van der Waals surface area contributed by atoms with Crippen molar-refractivity contribution in [3.8, 4) is 5.75 Å². The van der Waals surface area contributed by atoms with Crippen molar-refractivity contribution in [2.75, 3.05) is 34.5 Å². The Morgan fingerprint density at radius 2 is 1.40 bits per heavy atom. The number of rotatable bonds is 22. The fraction of sp³-hybridized carbons (Fsp3) is 0.667. The van der Waals surface area contributed by atoms with Crippen molar-refractivity contribution in [3.63, 3.8) is 0 Å². The minimum Gasteiger partial charge on any atom is -0.496 e. The highest BCUT2D eigenvalue weighted by Crippen LogP contribution is 2.45. The van der Waals surface area contributed by atoms with E-state index in [4.69, 9.17) is 18.9 Å². The number of unbranched alkanes of at least 4 members (excludes halogenated alkanes) is 12. The van der Waals surface area contributed by atoms with Crippen molar-refractivity contribution in [1.29, 1.82) is 0 Å². The van der Waals surface area contributed by atoms with Crippen molar-refractivity contribution < 1.29 is 28.5 Å². The van der Waals surface area contributed by atoms with Crippen LogP contribution in [0, 0.1) is 0 Å². The third-order valence-electron chi connectivity index (χ3n) is 8.38. The quantitative estimate of drug-likeness (QED) is 0.106. The van der Waals surface area contributed by atoms with E-state index in [2.05, 4.69) is 18.3 Å². The number of benzene rings is 1. The molecule has 1 N–H and O–H groups in total. The lowest BCUT2D eigenvalue weighted by Crippen LogP contribution is -2.34. The van der Waals surface area contributed by atoms with Gasteiger partial charge in [0.15, 0.2) is 0 Å². The van der Waals surface area contributed by atoms with Crippen LogP contribution in [0.25, 0.3) is 0 Å². The standard InChI is InChI=1S/C36H57NO6/c1-7-9-10-11-12-13-14-15-16-17-18-19-20-22-28-23-21-24-30(41-5)31(28)32-29(25-26-40-4)27(3)37-34(36(39)42-6)33(32)35(38)43-8-2/h21,23-24,32,37H,7-20,22,25-26H2,1-6H3. The summed E-state index contributed by atoms with van der Waals surface area (Å²) in [5.41, 5.74) is 4.15. The van der Waals surface area contributed by atoms with Gasteiger partial charge < -0.3 is 24.3 Å². The van der Waals surface area contributed by atoms with Crippen LogP contribution >= 0.6 is 0 Å². The molecule has 1 heterocycles. The number of hydrogen-bond acceptors (Lipinski definition) is 7. The smallest absolute Gasteiger partial charge is 0.355 e. The number of dihydropyridines is 1. The molecule has 2 rings (SSSR count). The van der Waals surface area contributed by atoms with Crippen molar-refractivity contribution in [2.24, 2.45) is 0 Å². The van der Waals surface area contributed by atoms with E-state index in [1.807, 2.05) is 19.1 Å². The molecule has 1 aromatic rings. The summed E-state index contributed by atoms with van der Waals surface area (Å²) < 4.78 is 21.9. The second-order valence-electron chi connectivity index (χ2n) is 11.5. The Morgan fingerprint density at radius 3 is 1.93 bits per heavy atom. The first kappa shape index (κ1) is 36.4. The highest BCUT2D eigenvalue weighted by Gasteiger charge is 2.40. The molecular formula is C36H57NO6. The SMILES string of the molecule is CCCCCCCCCCCCCCCc1cccc(OC)c1C1C(CCOC)=C(C)NC(C(=O)OC)=C1C(=O)OCC. The van der Waals surface area contributed by atoms with E-state index < -0.39 is 17.9 Å². The summed E-state index contributed by atoms with van der Waals surface area (Å²) in [4.78, 5) is 26.5. The molecule has 0 amide bonds. The number of allylic oxidation sites excluding steroid dienone is 1. The topological polar surface area (TPSA) is 83.1 Å². The van der Waals surface area contributed by atoms with Crippen LogP contribution in [-0.4, -0.2) is 46.5 Å². The summed E-state index contributed by atoms with van der Waals surface area (Å²) in [5, 5.41) is 3.16. The molecule has 1 aromatic carbocycles. The molecule has 0 spiro atoms. The summed E-state index contributed by atoms with van der Waals surface area (Å²) in [7, 11) is 4.62. The summed E-state index contributed by atoms with van der Waals surface area (Å²) >= 11 is 0. The molecule has 1 unspecified atom stereocenters. The normalized spacial score (nSPS) is 15.0. The molecule has 242 valence electrons. The lowest BCUT2D eigenvalue weighted by molar-refractivity contribution is -0.141. The van der Waals surface area contributed by atoms with Gasteiger partial charge >= 0.3 is 11.9 Å². The predicted octanol–water partition coefficient (Wildman–Crippen LogP) is 8.32. The Balaban J connectivity index is 2.22. The number of carbonyl (C=O) groups is 2. The largest absolute Gasteiger partial charge is 0.496 e. The molecule has 0 fully saturated rings. The van der Waals surface area contributed by atoms with Crippen LogP contribution in [0.15, 0.2) is 40.7 Å². The Morgan fingerprint density at radius 1 is 0.791 bits per heavy atom. The maximum Gasteiger partial charge on any atom is 0.355 e. The van der Waals surface area contributed by atoms with Gasteiger partial charge in [0, 0.05) is 24.3 Å². The highest BCUT2D eigenvalue weighted by molar-refractivity contribution is 6.02. The third kappa shape index (κ3) is 11.3. The maximum atomic E-state index is 13.5. The molecule has 43 heavy (non-hydrogen) atoms. The fourth-order valence-corrected chi connectivity index (χ4v) is 6.07. The number of methoxy groups -OCH3 is 3. The zero-order chi connectivity index (χ0) is 31.5.